The fourth-order valence-corrected chi connectivity index (χ4v) is 3.94. The molecule has 24 heavy (non-hydrogen) atoms. The number of ether oxygens (including phenoxy) is 1. The van der Waals surface area contributed by atoms with Crippen molar-refractivity contribution in [3.63, 3.8) is 0 Å². The van der Waals surface area contributed by atoms with Gasteiger partial charge in [0, 0.05) is 6.54 Å². The average Bonchev–Trinajstić information content (AvgIpc) is 2.91. The van der Waals surface area contributed by atoms with Crippen LogP contribution in [0.15, 0.2) is 6.33 Å². The number of halogens is 2. The first kappa shape index (κ1) is 19.6. The molecule has 0 aliphatic carbocycles. The quantitative estimate of drug-likeness (QED) is 0.263. The molecule has 8 nitrogen and oxygen atoms in total. The van der Waals surface area contributed by atoms with Gasteiger partial charge in [-0.05, 0) is 25.4 Å². The van der Waals surface area contributed by atoms with E-state index in [1.54, 1.807) is 24.7 Å². The maximum Gasteiger partial charge on any atom is 0.332 e. The van der Waals surface area contributed by atoms with E-state index in [1.165, 1.54) is 0 Å². The molecule has 2 aromatic rings. The smallest absolute Gasteiger partial charge is 0.332 e. The van der Waals surface area contributed by atoms with Gasteiger partial charge >= 0.3 is 7.60 Å². The van der Waals surface area contributed by atoms with Gasteiger partial charge in [-0.1, -0.05) is 11.6 Å². The van der Waals surface area contributed by atoms with E-state index in [1.807, 2.05) is 0 Å². The number of aromatic nitrogens is 4. The number of hydrogen-bond donors (Lipinski definition) is 0. The molecule has 134 valence electrons. The van der Waals surface area contributed by atoms with Crippen molar-refractivity contribution in [3.8, 4) is 0 Å². The summed E-state index contributed by atoms with van der Waals surface area (Å²) in [5.74, 6) is 0. The maximum atomic E-state index is 12.3. The van der Waals surface area contributed by atoms with Crippen LogP contribution in [-0.2, 0) is 24.9 Å². The van der Waals surface area contributed by atoms with Crippen molar-refractivity contribution in [2.45, 2.75) is 20.4 Å². The number of nitrogens with zero attached hydrogens (tertiary/aromatic N) is 4. The highest BCUT2D eigenvalue weighted by molar-refractivity contribution is 7.53. The monoisotopic (exact) mass is 396 g/mol. The lowest BCUT2D eigenvalue weighted by Gasteiger charge is -2.16. The Labute approximate surface area is 150 Å². The van der Waals surface area contributed by atoms with Crippen LogP contribution < -0.4 is 0 Å². The second-order valence-corrected chi connectivity index (χ2v) is 7.56. The number of imidazole rings is 1. The van der Waals surface area contributed by atoms with Crippen molar-refractivity contribution in [1.29, 1.82) is 0 Å². The Morgan fingerprint density at radius 1 is 1.17 bits per heavy atom. The van der Waals surface area contributed by atoms with Crippen LogP contribution in [0.5, 0.6) is 0 Å². The fraction of sp³-hybridized carbons (Fsp3) is 0.615. The molecule has 0 radical (unpaired) electrons. The predicted octanol–water partition coefficient (Wildman–Crippen LogP) is 3.42. The summed E-state index contributed by atoms with van der Waals surface area (Å²) in [6.07, 6.45) is 1.80. The number of fused-ring (bicyclic) bond motifs is 1. The third-order valence-electron chi connectivity index (χ3n) is 3.03. The van der Waals surface area contributed by atoms with Gasteiger partial charge in [-0.2, -0.15) is 4.98 Å². The molecule has 0 saturated carbocycles. The molecule has 0 bridgehead atoms. The van der Waals surface area contributed by atoms with Gasteiger partial charge in [0.25, 0.3) is 0 Å². The van der Waals surface area contributed by atoms with E-state index in [4.69, 9.17) is 37.0 Å². The van der Waals surface area contributed by atoms with Gasteiger partial charge in [0.05, 0.1) is 38.9 Å². The molecule has 0 aromatic carbocycles. The Morgan fingerprint density at radius 2 is 1.88 bits per heavy atom. The standard InChI is InChI=1S/C13H19Cl2N4O4P/c1-3-22-24(20,23-4-2)8-7-21-6-5-19-9-16-10-11(14)17-13(15)18-12(10)19/h9H,3-8H2,1-2H3. The molecule has 0 fully saturated rings. The maximum absolute atomic E-state index is 12.3. The fourth-order valence-electron chi connectivity index (χ4n) is 2.05. The van der Waals surface area contributed by atoms with Crippen LogP contribution in [0.2, 0.25) is 10.4 Å². The highest BCUT2D eigenvalue weighted by atomic mass is 35.5. The molecule has 0 saturated heterocycles. The largest absolute Gasteiger partial charge is 0.379 e. The zero-order chi connectivity index (χ0) is 17.6. The van der Waals surface area contributed by atoms with E-state index in [2.05, 4.69) is 15.0 Å². The van der Waals surface area contributed by atoms with Crippen molar-refractivity contribution in [3.05, 3.63) is 16.8 Å². The van der Waals surface area contributed by atoms with E-state index < -0.39 is 7.60 Å². The second kappa shape index (κ2) is 9.08. The van der Waals surface area contributed by atoms with Crippen LogP contribution in [0.4, 0.5) is 0 Å². The highest BCUT2D eigenvalue weighted by Gasteiger charge is 2.22. The summed E-state index contributed by atoms with van der Waals surface area (Å²) in [5.41, 5.74) is 1.02. The summed E-state index contributed by atoms with van der Waals surface area (Å²) < 4.78 is 29.9. The summed E-state index contributed by atoms with van der Waals surface area (Å²) in [5, 5.41) is 0.267. The zero-order valence-electron chi connectivity index (χ0n) is 13.4. The van der Waals surface area contributed by atoms with Crippen LogP contribution in [0, 0.1) is 0 Å². The average molecular weight is 397 g/mol. The minimum atomic E-state index is -3.07. The lowest BCUT2D eigenvalue weighted by molar-refractivity contribution is 0.132. The summed E-state index contributed by atoms with van der Waals surface area (Å²) in [4.78, 5) is 12.1. The molecule has 11 heteroatoms. The molecule has 2 aromatic heterocycles. The van der Waals surface area contributed by atoms with Crippen molar-refractivity contribution in [1.82, 2.24) is 19.5 Å². The van der Waals surface area contributed by atoms with Crippen LogP contribution >= 0.6 is 30.8 Å². The summed E-state index contributed by atoms with van der Waals surface area (Å²) in [6.45, 7) is 5.35. The lowest BCUT2D eigenvalue weighted by atomic mass is 10.5. The predicted molar refractivity (Wildman–Crippen MR) is 91.9 cm³/mol. The van der Waals surface area contributed by atoms with Gasteiger partial charge in [0.1, 0.15) is 5.52 Å². The Morgan fingerprint density at radius 3 is 2.54 bits per heavy atom. The molecule has 0 aliphatic heterocycles. The summed E-state index contributed by atoms with van der Waals surface area (Å²) in [7, 11) is -3.07. The Kier molecular flexibility index (Phi) is 7.40. The van der Waals surface area contributed by atoms with Crippen molar-refractivity contribution < 1.29 is 18.3 Å². The molecule has 0 unspecified atom stereocenters. The molecule has 0 aliphatic rings. The van der Waals surface area contributed by atoms with E-state index in [-0.39, 0.29) is 23.2 Å². The highest BCUT2D eigenvalue weighted by Crippen LogP contribution is 2.47. The first-order valence-electron chi connectivity index (χ1n) is 7.49. The van der Waals surface area contributed by atoms with Gasteiger partial charge in [-0.25, -0.2) is 9.97 Å². The Balaban J connectivity index is 1.86. The van der Waals surface area contributed by atoms with E-state index >= 15 is 0 Å². The normalized spacial score (nSPS) is 12.2. The zero-order valence-corrected chi connectivity index (χ0v) is 15.9. The van der Waals surface area contributed by atoms with Gasteiger partial charge in [-0.3, -0.25) is 4.57 Å². The first-order valence-corrected chi connectivity index (χ1v) is 9.97. The second-order valence-electron chi connectivity index (χ2n) is 4.68. The van der Waals surface area contributed by atoms with E-state index in [9.17, 15) is 4.57 Å². The first-order chi connectivity index (χ1) is 11.5. The molecule has 0 amide bonds. The van der Waals surface area contributed by atoms with Crippen LogP contribution in [0.3, 0.4) is 0 Å². The Bertz CT molecular complexity index is 717. The van der Waals surface area contributed by atoms with Crippen LogP contribution in [-0.4, -0.2) is 52.1 Å². The summed E-state index contributed by atoms with van der Waals surface area (Å²) >= 11 is 11.8. The van der Waals surface area contributed by atoms with Gasteiger partial charge < -0.3 is 18.4 Å². The molecular formula is C13H19Cl2N4O4P. The summed E-state index contributed by atoms with van der Waals surface area (Å²) in [6, 6.07) is 0. The topological polar surface area (TPSA) is 88.4 Å². The molecule has 0 atom stereocenters. The number of hydrogen-bond acceptors (Lipinski definition) is 7. The van der Waals surface area contributed by atoms with Crippen molar-refractivity contribution in [2.75, 3.05) is 32.6 Å². The molecular weight excluding hydrogens is 378 g/mol. The molecule has 2 heterocycles. The SMILES string of the molecule is CCOP(=O)(CCOCCn1cnc2c(Cl)nc(Cl)nc21)OCC. The third kappa shape index (κ3) is 5.12. The van der Waals surface area contributed by atoms with Crippen molar-refractivity contribution >= 4 is 42.0 Å². The van der Waals surface area contributed by atoms with Gasteiger partial charge in [-0.15, -0.1) is 0 Å². The van der Waals surface area contributed by atoms with E-state index in [0.29, 0.717) is 37.5 Å². The van der Waals surface area contributed by atoms with Crippen LogP contribution in [0.25, 0.3) is 11.2 Å². The van der Waals surface area contributed by atoms with E-state index in [0.717, 1.165) is 0 Å². The van der Waals surface area contributed by atoms with Crippen LogP contribution in [0.1, 0.15) is 13.8 Å². The minimum absolute atomic E-state index is 0.0598. The van der Waals surface area contributed by atoms with Gasteiger partial charge in [0.2, 0.25) is 5.28 Å². The lowest BCUT2D eigenvalue weighted by Crippen LogP contribution is -2.10. The Hall–Kier alpha value is -0.760. The number of rotatable bonds is 10. The minimum Gasteiger partial charge on any atom is -0.379 e. The van der Waals surface area contributed by atoms with Gasteiger partial charge in [0.15, 0.2) is 10.8 Å². The molecule has 2 rings (SSSR count). The molecule has 0 spiro atoms. The third-order valence-corrected chi connectivity index (χ3v) is 5.50. The molecule has 0 N–H and O–H groups in total. The van der Waals surface area contributed by atoms with Crippen molar-refractivity contribution in [2.24, 2.45) is 0 Å².